The second-order valence-electron chi connectivity index (χ2n) is 5.51. The van der Waals surface area contributed by atoms with E-state index < -0.39 is 16.4 Å². The van der Waals surface area contributed by atoms with Crippen LogP contribution in [-0.4, -0.2) is 43.6 Å². The van der Waals surface area contributed by atoms with Crippen molar-refractivity contribution in [1.29, 1.82) is 0 Å². The molecule has 20 heavy (non-hydrogen) atoms. The van der Waals surface area contributed by atoms with E-state index in [2.05, 4.69) is 0 Å². The highest BCUT2D eigenvalue weighted by Gasteiger charge is 2.24. The molecule has 0 unspecified atom stereocenters. The van der Waals surface area contributed by atoms with Crippen LogP contribution >= 0.6 is 0 Å². The standard InChI is InChI=1S/C14H22FN3O2/c1-11(2)10-17(9-8-16(3)4)13-7-5-6-12(15)14(13)18(19)20/h5-7,11H,8-10H2,1-4H3. The predicted octanol–water partition coefficient (Wildman–Crippen LogP) is 2.76. The van der Waals surface area contributed by atoms with Gasteiger partial charge in [-0.1, -0.05) is 19.9 Å². The highest BCUT2D eigenvalue weighted by Crippen LogP contribution is 2.31. The fourth-order valence-corrected chi connectivity index (χ4v) is 2.01. The van der Waals surface area contributed by atoms with Gasteiger partial charge in [0, 0.05) is 19.6 Å². The van der Waals surface area contributed by atoms with E-state index in [1.165, 1.54) is 6.07 Å². The second kappa shape index (κ2) is 7.19. The van der Waals surface area contributed by atoms with Gasteiger partial charge in [0.15, 0.2) is 0 Å². The number of hydrogen-bond acceptors (Lipinski definition) is 4. The van der Waals surface area contributed by atoms with Crippen LogP contribution in [0.5, 0.6) is 0 Å². The van der Waals surface area contributed by atoms with Crippen molar-refractivity contribution in [3.8, 4) is 0 Å². The number of para-hydroxylation sites is 1. The summed E-state index contributed by atoms with van der Waals surface area (Å²) in [5.41, 5.74) is -0.0857. The van der Waals surface area contributed by atoms with Gasteiger partial charge in [0.05, 0.1) is 4.92 Å². The third kappa shape index (κ3) is 4.45. The highest BCUT2D eigenvalue weighted by atomic mass is 19.1. The Hall–Kier alpha value is -1.69. The number of nitro benzene ring substituents is 1. The van der Waals surface area contributed by atoms with Crippen LogP contribution in [0.25, 0.3) is 0 Å². The smallest absolute Gasteiger partial charge is 0.327 e. The minimum atomic E-state index is -0.786. The number of halogens is 1. The average Bonchev–Trinajstić information content (AvgIpc) is 2.33. The average molecular weight is 283 g/mol. The van der Waals surface area contributed by atoms with Crippen LogP contribution in [0, 0.1) is 21.8 Å². The van der Waals surface area contributed by atoms with Gasteiger partial charge >= 0.3 is 5.69 Å². The van der Waals surface area contributed by atoms with Crippen molar-refractivity contribution in [1.82, 2.24) is 4.90 Å². The summed E-state index contributed by atoms with van der Waals surface area (Å²) in [4.78, 5) is 14.3. The summed E-state index contributed by atoms with van der Waals surface area (Å²) in [6, 6.07) is 4.25. The minimum absolute atomic E-state index is 0.333. The van der Waals surface area contributed by atoms with Crippen molar-refractivity contribution < 1.29 is 9.31 Å². The SMILES string of the molecule is CC(C)CN(CCN(C)C)c1cccc(F)c1[N+](=O)[O-]. The molecule has 112 valence electrons. The molecule has 5 nitrogen and oxygen atoms in total. The van der Waals surface area contributed by atoms with Crippen LogP contribution in [0.4, 0.5) is 15.8 Å². The van der Waals surface area contributed by atoms with E-state index in [4.69, 9.17) is 0 Å². The maximum atomic E-state index is 13.7. The molecule has 0 spiro atoms. The Labute approximate surface area is 119 Å². The lowest BCUT2D eigenvalue weighted by atomic mass is 10.1. The van der Waals surface area contributed by atoms with Crippen molar-refractivity contribution in [2.75, 3.05) is 38.6 Å². The Morgan fingerprint density at radius 3 is 2.45 bits per heavy atom. The monoisotopic (exact) mass is 283 g/mol. The first kappa shape index (κ1) is 16.4. The molecule has 0 fully saturated rings. The molecule has 1 rings (SSSR count). The molecule has 0 bridgehead atoms. The van der Waals surface area contributed by atoms with Crippen molar-refractivity contribution in [3.05, 3.63) is 34.1 Å². The summed E-state index contributed by atoms with van der Waals surface area (Å²) in [5, 5.41) is 11.1. The molecular weight excluding hydrogens is 261 g/mol. The van der Waals surface area contributed by atoms with Gasteiger partial charge in [-0.25, -0.2) is 0 Å². The largest absolute Gasteiger partial charge is 0.364 e. The number of anilines is 1. The lowest BCUT2D eigenvalue weighted by Gasteiger charge is -2.27. The van der Waals surface area contributed by atoms with E-state index in [-0.39, 0.29) is 0 Å². The van der Waals surface area contributed by atoms with Crippen molar-refractivity contribution in [2.45, 2.75) is 13.8 Å². The zero-order chi connectivity index (χ0) is 15.3. The molecule has 0 heterocycles. The molecule has 0 aliphatic carbocycles. The van der Waals surface area contributed by atoms with Crippen LogP contribution in [0.1, 0.15) is 13.8 Å². The molecule has 1 aromatic rings. The van der Waals surface area contributed by atoms with E-state index >= 15 is 0 Å². The second-order valence-corrected chi connectivity index (χ2v) is 5.51. The molecule has 6 heteroatoms. The van der Waals surface area contributed by atoms with E-state index in [9.17, 15) is 14.5 Å². The first-order valence-electron chi connectivity index (χ1n) is 6.65. The van der Waals surface area contributed by atoms with Crippen LogP contribution in [-0.2, 0) is 0 Å². The highest BCUT2D eigenvalue weighted by molar-refractivity contribution is 5.63. The lowest BCUT2D eigenvalue weighted by molar-refractivity contribution is -0.386. The third-order valence-corrected chi connectivity index (χ3v) is 2.89. The van der Waals surface area contributed by atoms with Crippen molar-refractivity contribution >= 4 is 11.4 Å². The van der Waals surface area contributed by atoms with Gasteiger partial charge in [0.2, 0.25) is 5.82 Å². The van der Waals surface area contributed by atoms with Crippen molar-refractivity contribution in [3.63, 3.8) is 0 Å². The first-order valence-corrected chi connectivity index (χ1v) is 6.65. The van der Waals surface area contributed by atoms with Crippen LogP contribution in [0.2, 0.25) is 0 Å². The van der Waals surface area contributed by atoms with Gasteiger partial charge in [-0.05, 0) is 32.1 Å². The maximum absolute atomic E-state index is 13.7. The van der Waals surface area contributed by atoms with Gasteiger partial charge in [-0.2, -0.15) is 4.39 Å². The van der Waals surface area contributed by atoms with Gasteiger partial charge < -0.3 is 9.80 Å². The van der Waals surface area contributed by atoms with Gasteiger partial charge in [-0.3, -0.25) is 10.1 Å². The van der Waals surface area contributed by atoms with E-state index in [0.29, 0.717) is 24.7 Å². The lowest BCUT2D eigenvalue weighted by Crippen LogP contribution is -2.34. The van der Waals surface area contributed by atoms with Crippen molar-refractivity contribution in [2.24, 2.45) is 5.92 Å². The number of nitro groups is 1. The summed E-state index contributed by atoms with van der Waals surface area (Å²) in [6.45, 7) is 6.09. The van der Waals surface area contributed by atoms with Crippen LogP contribution in [0.15, 0.2) is 18.2 Å². The normalized spacial score (nSPS) is 11.2. The molecule has 0 saturated heterocycles. The van der Waals surface area contributed by atoms with Gasteiger partial charge in [0.25, 0.3) is 0 Å². The minimum Gasteiger partial charge on any atom is -0.364 e. The molecule has 0 amide bonds. The molecular formula is C14H22FN3O2. The van der Waals surface area contributed by atoms with E-state index in [0.717, 1.165) is 12.6 Å². The van der Waals surface area contributed by atoms with Crippen LogP contribution < -0.4 is 4.90 Å². The zero-order valence-corrected chi connectivity index (χ0v) is 12.5. The third-order valence-electron chi connectivity index (χ3n) is 2.89. The van der Waals surface area contributed by atoms with Gasteiger partial charge in [-0.15, -0.1) is 0 Å². The Morgan fingerprint density at radius 1 is 1.30 bits per heavy atom. The van der Waals surface area contributed by atoms with E-state index in [1.54, 1.807) is 6.07 Å². The summed E-state index contributed by atoms with van der Waals surface area (Å²) >= 11 is 0. The molecule has 0 atom stereocenters. The Kier molecular flexibility index (Phi) is 5.88. The molecule has 0 saturated carbocycles. The summed E-state index contributed by atoms with van der Waals surface area (Å²) in [5.74, 6) is -0.453. The molecule has 1 aromatic carbocycles. The first-order chi connectivity index (χ1) is 9.32. The molecule has 0 aliphatic heterocycles. The predicted molar refractivity (Wildman–Crippen MR) is 78.7 cm³/mol. The number of likely N-dealkylation sites (N-methyl/N-ethyl adjacent to an activating group) is 1. The fraction of sp³-hybridized carbons (Fsp3) is 0.571. The van der Waals surface area contributed by atoms with E-state index in [1.807, 2.05) is 37.7 Å². The summed E-state index contributed by atoms with van der Waals surface area (Å²) < 4.78 is 13.7. The number of rotatable bonds is 7. The summed E-state index contributed by atoms with van der Waals surface area (Å²) in [6.07, 6.45) is 0. The topological polar surface area (TPSA) is 49.6 Å². The number of nitrogens with zero attached hydrogens (tertiary/aromatic N) is 3. The zero-order valence-electron chi connectivity index (χ0n) is 12.5. The molecule has 0 N–H and O–H groups in total. The quantitative estimate of drug-likeness (QED) is 0.570. The number of benzene rings is 1. The molecule has 0 radical (unpaired) electrons. The number of hydrogen-bond donors (Lipinski definition) is 0. The Morgan fingerprint density at radius 2 is 1.95 bits per heavy atom. The molecule has 0 aromatic heterocycles. The van der Waals surface area contributed by atoms with Crippen LogP contribution in [0.3, 0.4) is 0 Å². The summed E-state index contributed by atoms with van der Waals surface area (Å²) in [7, 11) is 3.88. The molecule has 0 aliphatic rings. The Bertz CT molecular complexity index is 464. The fourth-order valence-electron chi connectivity index (χ4n) is 2.01. The maximum Gasteiger partial charge on any atom is 0.327 e. The van der Waals surface area contributed by atoms with Gasteiger partial charge in [0.1, 0.15) is 5.69 Å². The Balaban J connectivity index is 3.12.